The SMILES string of the molecule is COc1nccc2c1C1C(=C(O)C(=O)N1c1ccc(-c3ccsc3)cc1)C(=O)C2(C)COC1CCCCO1. The second-order valence-corrected chi connectivity index (χ2v) is 10.7. The molecule has 0 bridgehead atoms. The number of carbonyl (C=O) groups is 2. The highest BCUT2D eigenvalue weighted by Crippen LogP contribution is 2.53. The molecule has 2 aromatic heterocycles. The molecule has 1 fully saturated rings. The van der Waals surface area contributed by atoms with Gasteiger partial charge in [-0.25, -0.2) is 4.98 Å². The first-order valence-corrected chi connectivity index (χ1v) is 13.6. The zero-order chi connectivity index (χ0) is 26.4. The Morgan fingerprint density at radius 1 is 1.16 bits per heavy atom. The summed E-state index contributed by atoms with van der Waals surface area (Å²) in [5.74, 6) is -1.26. The number of carbonyl (C=O) groups excluding carboxylic acids is 2. The van der Waals surface area contributed by atoms with Crippen LogP contribution in [0.15, 0.2) is 64.7 Å². The van der Waals surface area contributed by atoms with Gasteiger partial charge in [0.15, 0.2) is 17.8 Å². The number of nitrogens with zero attached hydrogens (tertiary/aromatic N) is 2. The maximum atomic E-state index is 14.1. The summed E-state index contributed by atoms with van der Waals surface area (Å²) in [7, 11) is 1.50. The van der Waals surface area contributed by atoms with Gasteiger partial charge in [-0.2, -0.15) is 11.3 Å². The first kappa shape index (κ1) is 24.8. The second-order valence-electron chi connectivity index (χ2n) is 9.95. The number of aliphatic hydroxyl groups excluding tert-OH is 1. The summed E-state index contributed by atoms with van der Waals surface area (Å²) in [4.78, 5) is 33.5. The highest BCUT2D eigenvalue weighted by atomic mass is 32.1. The number of ether oxygens (including phenoxy) is 3. The lowest BCUT2D eigenvalue weighted by atomic mass is 9.67. The monoisotopic (exact) mass is 532 g/mol. The number of thiophene rings is 1. The smallest absolute Gasteiger partial charge is 0.294 e. The number of methoxy groups -OCH3 is 1. The third kappa shape index (κ3) is 3.84. The molecule has 1 N–H and O–H groups in total. The Bertz CT molecular complexity index is 1410. The molecule has 3 unspecified atom stereocenters. The number of hydrogen-bond donors (Lipinski definition) is 1. The topological polar surface area (TPSA) is 98.2 Å². The first-order chi connectivity index (χ1) is 18.4. The lowest BCUT2D eigenvalue weighted by molar-refractivity contribution is -0.172. The molecule has 9 heteroatoms. The van der Waals surface area contributed by atoms with Crippen LogP contribution in [0.1, 0.15) is 43.4 Å². The minimum Gasteiger partial charge on any atom is -0.503 e. The van der Waals surface area contributed by atoms with Gasteiger partial charge in [0.05, 0.1) is 24.7 Å². The highest BCUT2D eigenvalue weighted by Gasteiger charge is 2.56. The number of pyridine rings is 1. The third-order valence-corrected chi connectivity index (χ3v) is 8.35. The van der Waals surface area contributed by atoms with Crippen molar-refractivity contribution in [3.05, 3.63) is 75.8 Å². The van der Waals surface area contributed by atoms with Crippen molar-refractivity contribution < 1.29 is 28.9 Å². The normalized spacial score (nSPS) is 24.9. The van der Waals surface area contributed by atoms with Crippen molar-refractivity contribution in [2.45, 2.75) is 43.9 Å². The number of aliphatic hydroxyl groups is 1. The van der Waals surface area contributed by atoms with Crippen molar-refractivity contribution in [2.75, 3.05) is 25.2 Å². The molecule has 1 aliphatic carbocycles. The van der Waals surface area contributed by atoms with Gasteiger partial charge in [-0.05, 0) is 77.9 Å². The number of amides is 1. The Morgan fingerprint density at radius 3 is 2.66 bits per heavy atom. The molecule has 0 spiro atoms. The summed E-state index contributed by atoms with van der Waals surface area (Å²) in [6.07, 6.45) is 3.92. The lowest BCUT2D eigenvalue weighted by Crippen LogP contribution is -2.47. The van der Waals surface area contributed by atoms with Gasteiger partial charge in [-0.1, -0.05) is 12.1 Å². The summed E-state index contributed by atoms with van der Waals surface area (Å²) in [6.45, 7) is 2.42. The molecular formula is C29H28N2O6S. The molecule has 1 aromatic carbocycles. The molecule has 2 aliphatic heterocycles. The average Bonchev–Trinajstić information content (AvgIpc) is 3.58. The van der Waals surface area contributed by atoms with E-state index in [1.807, 2.05) is 35.7 Å². The molecule has 0 radical (unpaired) electrons. The number of fused-ring (bicyclic) bond motifs is 3. The molecule has 4 heterocycles. The standard InChI is InChI=1S/C29H28N2O6S/c1-29(16-37-21-5-3-4-13-36-21)20-10-12-30-27(35-2)22(20)24-23(26(29)33)25(32)28(34)31(24)19-8-6-17(7-9-19)18-11-14-38-15-18/h6-12,14-15,21,24,32H,3-5,13,16H2,1-2H3. The number of ketones is 1. The van der Waals surface area contributed by atoms with E-state index in [1.165, 1.54) is 12.0 Å². The van der Waals surface area contributed by atoms with Gasteiger partial charge in [-0.15, -0.1) is 0 Å². The molecule has 6 rings (SSSR count). The summed E-state index contributed by atoms with van der Waals surface area (Å²) in [5.41, 5.74) is 2.73. The van der Waals surface area contributed by atoms with Crippen molar-refractivity contribution in [1.82, 2.24) is 4.98 Å². The predicted molar refractivity (Wildman–Crippen MR) is 142 cm³/mol. The summed E-state index contributed by atoms with van der Waals surface area (Å²) < 4.78 is 17.5. The number of rotatable bonds is 6. The zero-order valence-corrected chi connectivity index (χ0v) is 22.0. The van der Waals surface area contributed by atoms with E-state index in [0.717, 1.165) is 30.4 Å². The van der Waals surface area contributed by atoms with Crippen LogP contribution in [0.3, 0.4) is 0 Å². The number of benzene rings is 1. The van der Waals surface area contributed by atoms with E-state index in [4.69, 9.17) is 14.2 Å². The molecule has 1 amide bonds. The molecular weight excluding hydrogens is 504 g/mol. The van der Waals surface area contributed by atoms with Gasteiger partial charge in [-0.3, -0.25) is 14.5 Å². The Kier molecular flexibility index (Phi) is 6.29. The fourth-order valence-corrected chi connectivity index (χ4v) is 6.31. The van der Waals surface area contributed by atoms with Crippen LogP contribution in [-0.2, 0) is 24.5 Å². The first-order valence-electron chi connectivity index (χ1n) is 12.6. The summed E-state index contributed by atoms with van der Waals surface area (Å²) >= 11 is 1.61. The van der Waals surface area contributed by atoms with E-state index < -0.39 is 29.4 Å². The Hall–Kier alpha value is -3.53. The largest absolute Gasteiger partial charge is 0.503 e. The van der Waals surface area contributed by atoms with Crippen molar-refractivity contribution in [3.8, 4) is 17.0 Å². The van der Waals surface area contributed by atoms with Crippen molar-refractivity contribution >= 4 is 28.7 Å². The van der Waals surface area contributed by atoms with Crippen LogP contribution in [0.4, 0.5) is 5.69 Å². The van der Waals surface area contributed by atoms with Crippen LogP contribution < -0.4 is 9.64 Å². The molecule has 38 heavy (non-hydrogen) atoms. The molecule has 3 aliphatic rings. The minimum absolute atomic E-state index is 0.0314. The third-order valence-electron chi connectivity index (χ3n) is 7.66. The molecule has 196 valence electrons. The number of anilines is 1. The highest BCUT2D eigenvalue weighted by molar-refractivity contribution is 7.08. The fraction of sp³-hybridized carbons (Fsp3) is 0.345. The van der Waals surface area contributed by atoms with Crippen LogP contribution in [-0.4, -0.2) is 48.4 Å². The molecule has 0 saturated carbocycles. The maximum absolute atomic E-state index is 14.1. The van der Waals surface area contributed by atoms with E-state index in [9.17, 15) is 14.7 Å². The van der Waals surface area contributed by atoms with Crippen LogP contribution in [0.25, 0.3) is 11.1 Å². The molecule has 1 saturated heterocycles. The van der Waals surface area contributed by atoms with Gasteiger partial charge in [0.1, 0.15) is 6.04 Å². The van der Waals surface area contributed by atoms with Crippen LogP contribution >= 0.6 is 11.3 Å². The second kappa shape index (κ2) is 9.65. The quantitative estimate of drug-likeness (QED) is 0.472. The van der Waals surface area contributed by atoms with Crippen molar-refractivity contribution in [3.63, 3.8) is 0 Å². The number of Topliss-reactive ketones (excluding diaryl/α,β-unsaturated/α-hetero) is 1. The zero-order valence-electron chi connectivity index (χ0n) is 21.2. The Balaban J connectivity index is 1.44. The molecule has 3 aromatic rings. The van der Waals surface area contributed by atoms with Crippen LogP contribution in [0.5, 0.6) is 5.88 Å². The van der Waals surface area contributed by atoms with Crippen molar-refractivity contribution in [2.24, 2.45) is 0 Å². The van der Waals surface area contributed by atoms with E-state index in [0.29, 0.717) is 29.3 Å². The maximum Gasteiger partial charge on any atom is 0.294 e. The van der Waals surface area contributed by atoms with E-state index in [-0.39, 0.29) is 18.0 Å². The fourth-order valence-electron chi connectivity index (χ4n) is 5.65. The Morgan fingerprint density at radius 2 is 1.97 bits per heavy atom. The minimum atomic E-state index is -1.18. The summed E-state index contributed by atoms with van der Waals surface area (Å²) in [5, 5.41) is 15.1. The van der Waals surface area contributed by atoms with Gasteiger partial charge >= 0.3 is 0 Å². The molecule has 3 atom stereocenters. The van der Waals surface area contributed by atoms with E-state index >= 15 is 0 Å². The van der Waals surface area contributed by atoms with Gasteiger partial charge in [0, 0.05) is 24.1 Å². The van der Waals surface area contributed by atoms with E-state index in [2.05, 4.69) is 10.4 Å². The molecule has 8 nitrogen and oxygen atoms in total. The van der Waals surface area contributed by atoms with Crippen LogP contribution in [0, 0.1) is 0 Å². The van der Waals surface area contributed by atoms with Crippen molar-refractivity contribution in [1.29, 1.82) is 0 Å². The van der Waals surface area contributed by atoms with Gasteiger partial charge in [0.25, 0.3) is 5.91 Å². The number of hydrogen-bond acceptors (Lipinski definition) is 8. The van der Waals surface area contributed by atoms with Crippen LogP contribution in [0.2, 0.25) is 0 Å². The van der Waals surface area contributed by atoms with E-state index in [1.54, 1.807) is 30.5 Å². The summed E-state index contributed by atoms with van der Waals surface area (Å²) in [6, 6.07) is 10.4. The average molecular weight is 533 g/mol. The Labute approximate surface area is 224 Å². The number of aromatic nitrogens is 1. The lowest BCUT2D eigenvalue weighted by Gasteiger charge is -2.41. The predicted octanol–water partition coefficient (Wildman–Crippen LogP) is 5.10. The van der Waals surface area contributed by atoms with Gasteiger partial charge < -0.3 is 19.3 Å². The van der Waals surface area contributed by atoms with Gasteiger partial charge in [0.2, 0.25) is 5.88 Å².